The van der Waals surface area contributed by atoms with E-state index in [2.05, 4.69) is 10.6 Å². The highest BCUT2D eigenvalue weighted by Crippen LogP contribution is 2.21. The molecule has 8 heteroatoms. The van der Waals surface area contributed by atoms with Crippen LogP contribution in [0.4, 0.5) is 14.5 Å². The quantitative estimate of drug-likeness (QED) is 0.772. The zero-order valence-electron chi connectivity index (χ0n) is 14.2. The molecular formula is C18H18F2N2O4. The first-order chi connectivity index (χ1) is 12.4. The van der Waals surface area contributed by atoms with Crippen LogP contribution in [0.3, 0.4) is 0 Å². The molecule has 0 fully saturated rings. The Hall–Kier alpha value is -3.00. The van der Waals surface area contributed by atoms with Gasteiger partial charge >= 0.3 is 11.8 Å². The summed E-state index contributed by atoms with van der Waals surface area (Å²) in [5.74, 6) is -3.18. The van der Waals surface area contributed by atoms with Crippen molar-refractivity contribution in [1.29, 1.82) is 0 Å². The lowest BCUT2D eigenvalue weighted by molar-refractivity contribution is -0.136. The van der Waals surface area contributed by atoms with Crippen molar-refractivity contribution in [1.82, 2.24) is 5.32 Å². The zero-order valence-corrected chi connectivity index (χ0v) is 14.2. The first kappa shape index (κ1) is 19.3. The predicted molar refractivity (Wildman–Crippen MR) is 90.7 cm³/mol. The van der Waals surface area contributed by atoms with Crippen LogP contribution in [0.2, 0.25) is 0 Å². The molecule has 138 valence electrons. The largest absolute Gasteiger partial charge is 0.497 e. The Bertz CT molecular complexity index is 799. The molecule has 0 bridgehead atoms. The number of carbonyl (C=O) groups is 2. The number of hydrogen-bond acceptors (Lipinski definition) is 4. The Morgan fingerprint density at radius 1 is 1.08 bits per heavy atom. The highest BCUT2D eigenvalue weighted by molar-refractivity contribution is 6.39. The van der Waals surface area contributed by atoms with Gasteiger partial charge in [0.1, 0.15) is 17.4 Å². The molecule has 0 spiro atoms. The van der Waals surface area contributed by atoms with Gasteiger partial charge in [-0.1, -0.05) is 12.1 Å². The fraction of sp³-hybridized carbons (Fsp3) is 0.222. The van der Waals surface area contributed by atoms with Crippen LogP contribution in [0, 0.1) is 11.6 Å². The van der Waals surface area contributed by atoms with Gasteiger partial charge in [0, 0.05) is 19.7 Å². The molecule has 2 aromatic carbocycles. The summed E-state index contributed by atoms with van der Waals surface area (Å²) in [5.41, 5.74) is 0.458. The van der Waals surface area contributed by atoms with Crippen LogP contribution in [-0.4, -0.2) is 32.6 Å². The van der Waals surface area contributed by atoms with Gasteiger partial charge in [-0.2, -0.15) is 0 Å². The Kier molecular flexibility index (Phi) is 6.62. The van der Waals surface area contributed by atoms with Crippen LogP contribution in [0.15, 0.2) is 42.5 Å². The Balaban J connectivity index is 1.96. The summed E-state index contributed by atoms with van der Waals surface area (Å²) in [4.78, 5) is 23.7. The molecule has 0 radical (unpaired) electrons. The molecule has 2 aromatic rings. The van der Waals surface area contributed by atoms with Crippen molar-refractivity contribution < 1.29 is 27.8 Å². The number of nitrogens with one attached hydrogen (secondary N) is 2. The van der Waals surface area contributed by atoms with E-state index in [1.54, 1.807) is 24.3 Å². The minimum Gasteiger partial charge on any atom is -0.497 e. The maximum atomic E-state index is 13.5. The SMILES string of the molecule is COc1cccc(C(CNC(=O)C(=O)Nc2ccc(F)cc2F)OC)c1. The molecule has 0 aromatic heterocycles. The monoisotopic (exact) mass is 364 g/mol. The van der Waals surface area contributed by atoms with Crippen LogP contribution < -0.4 is 15.4 Å². The van der Waals surface area contributed by atoms with E-state index in [1.807, 2.05) is 0 Å². The second-order valence-electron chi connectivity index (χ2n) is 5.29. The minimum absolute atomic E-state index is 0.0157. The van der Waals surface area contributed by atoms with E-state index in [1.165, 1.54) is 14.2 Å². The number of carbonyl (C=O) groups excluding carboxylic acids is 2. The van der Waals surface area contributed by atoms with Gasteiger partial charge in [-0.3, -0.25) is 9.59 Å². The van der Waals surface area contributed by atoms with E-state index >= 15 is 0 Å². The lowest BCUT2D eigenvalue weighted by atomic mass is 10.1. The summed E-state index contributed by atoms with van der Waals surface area (Å²) < 4.78 is 36.8. The number of hydrogen-bond donors (Lipinski definition) is 2. The fourth-order valence-corrected chi connectivity index (χ4v) is 2.21. The lowest BCUT2D eigenvalue weighted by Gasteiger charge is -2.17. The van der Waals surface area contributed by atoms with Gasteiger partial charge in [0.05, 0.1) is 18.9 Å². The smallest absolute Gasteiger partial charge is 0.313 e. The molecule has 0 aliphatic rings. The summed E-state index contributed by atoms with van der Waals surface area (Å²) in [7, 11) is 2.99. The van der Waals surface area contributed by atoms with E-state index < -0.39 is 29.6 Å². The fourth-order valence-electron chi connectivity index (χ4n) is 2.21. The second kappa shape index (κ2) is 8.91. The van der Waals surface area contributed by atoms with Gasteiger partial charge in [-0.05, 0) is 29.8 Å². The highest BCUT2D eigenvalue weighted by Gasteiger charge is 2.18. The first-order valence-corrected chi connectivity index (χ1v) is 7.65. The third kappa shape index (κ3) is 5.00. The molecular weight excluding hydrogens is 346 g/mol. The summed E-state index contributed by atoms with van der Waals surface area (Å²) in [6.07, 6.45) is -0.510. The van der Waals surface area contributed by atoms with Gasteiger partial charge in [-0.25, -0.2) is 8.78 Å². The average Bonchev–Trinajstić information content (AvgIpc) is 2.64. The van der Waals surface area contributed by atoms with Gasteiger partial charge in [0.25, 0.3) is 0 Å². The number of anilines is 1. The molecule has 2 rings (SSSR count). The third-order valence-electron chi connectivity index (χ3n) is 3.58. The minimum atomic E-state index is -1.07. The number of rotatable bonds is 6. The molecule has 1 atom stereocenters. The molecule has 2 amide bonds. The predicted octanol–water partition coefficient (Wildman–Crippen LogP) is 2.42. The summed E-state index contributed by atoms with van der Waals surface area (Å²) in [6, 6.07) is 9.68. The number of methoxy groups -OCH3 is 2. The molecule has 0 aliphatic heterocycles. The van der Waals surface area contributed by atoms with Crippen LogP contribution in [0.1, 0.15) is 11.7 Å². The standard InChI is InChI=1S/C18H18F2N2O4/c1-25-13-5-3-4-11(8-13)16(26-2)10-21-17(23)18(24)22-15-7-6-12(19)9-14(15)20/h3-9,16H,10H2,1-2H3,(H,21,23)(H,22,24). The van der Waals surface area contributed by atoms with Crippen molar-refractivity contribution in [2.45, 2.75) is 6.10 Å². The molecule has 0 saturated heterocycles. The number of halogens is 2. The van der Waals surface area contributed by atoms with E-state index in [9.17, 15) is 18.4 Å². The topological polar surface area (TPSA) is 76.7 Å². The maximum Gasteiger partial charge on any atom is 0.313 e. The van der Waals surface area contributed by atoms with Gasteiger partial charge in [0.2, 0.25) is 0 Å². The Morgan fingerprint density at radius 2 is 1.85 bits per heavy atom. The van der Waals surface area contributed by atoms with Gasteiger partial charge < -0.3 is 20.1 Å². The van der Waals surface area contributed by atoms with Crippen molar-refractivity contribution >= 4 is 17.5 Å². The van der Waals surface area contributed by atoms with Crippen LogP contribution in [0.25, 0.3) is 0 Å². The van der Waals surface area contributed by atoms with Crippen molar-refractivity contribution in [3.05, 3.63) is 59.7 Å². The third-order valence-corrected chi connectivity index (χ3v) is 3.58. The van der Waals surface area contributed by atoms with E-state index in [4.69, 9.17) is 9.47 Å². The summed E-state index contributed by atoms with van der Waals surface area (Å²) in [5, 5.41) is 4.49. The number of benzene rings is 2. The highest BCUT2D eigenvalue weighted by atomic mass is 19.1. The van der Waals surface area contributed by atoms with E-state index in [-0.39, 0.29) is 12.2 Å². The van der Waals surface area contributed by atoms with Gasteiger partial charge in [-0.15, -0.1) is 0 Å². The van der Waals surface area contributed by atoms with Crippen LogP contribution in [-0.2, 0) is 14.3 Å². The lowest BCUT2D eigenvalue weighted by Crippen LogP contribution is -2.38. The van der Waals surface area contributed by atoms with E-state index in [0.29, 0.717) is 11.8 Å². The Morgan fingerprint density at radius 3 is 2.50 bits per heavy atom. The molecule has 6 nitrogen and oxygen atoms in total. The Labute approximate surface area is 149 Å². The van der Waals surface area contributed by atoms with Crippen molar-refractivity contribution in [2.75, 3.05) is 26.1 Å². The molecule has 0 aliphatic carbocycles. The normalized spacial score (nSPS) is 11.5. The molecule has 0 saturated carbocycles. The van der Waals surface area contributed by atoms with E-state index in [0.717, 1.165) is 17.7 Å². The first-order valence-electron chi connectivity index (χ1n) is 7.65. The second-order valence-corrected chi connectivity index (χ2v) is 5.29. The maximum absolute atomic E-state index is 13.5. The molecule has 2 N–H and O–H groups in total. The van der Waals surface area contributed by atoms with Crippen molar-refractivity contribution in [3.8, 4) is 5.75 Å². The molecule has 0 heterocycles. The molecule has 26 heavy (non-hydrogen) atoms. The van der Waals surface area contributed by atoms with Crippen LogP contribution in [0.5, 0.6) is 5.75 Å². The molecule has 1 unspecified atom stereocenters. The summed E-state index contributed by atoms with van der Waals surface area (Å²) >= 11 is 0. The number of amides is 2. The number of ether oxygens (including phenoxy) is 2. The zero-order chi connectivity index (χ0) is 19.1. The van der Waals surface area contributed by atoms with Crippen molar-refractivity contribution in [3.63, 3.8) is 0 Å². The van der Waals surface area contributed by atoms with Crippen LogP contribution >= 0.6 is 0 Å². The van der Waals surface area contributed by atoms with Crippen molar-refractivity contribution in [2.24, 2.45) is 0 Å². The van der Waals surface area contributed by atoms with Gasteiger partial charge in [0.15, 0.2) is 0 Å². The average molecular weight is 364 g/mol. The summed E-state index contributed by atoms with van der Waals surface area (Å²) in [6.45, 7) is 0.0157.